The standard InChI is InChI=1S/C27H30N4O4/c1-27(2,3)35-26(34)30-24(28)20-9-11-22(12-10-20)29-14-6-7-19-8-13-23(21(17-19)18-32)25(33)31-15-4-5-16-31/h8-13,17-18,29H,4-5,14-16H2,1-3H3,(H2,28,30,34). The lowest BCUT2D eigenvalue weighted by molar-refractivity contribution is 0.0562. The van der Waals surface area contributed by atoms with E-state index >= 15 is 0 Å². The number of amidine groups is 1. The van der Waals surface area contributed by atoms with Crippen molar-refractivity contribution in [2.45, 2.75) is 39.2 Å². The molecule has 1 heterocycles. The molecule has 2 amide bonds. The Morgan fingerprint density at radius 1 is 1.11 bits per heavy atom. The van der Waals surface area contributed by atoms with Crippen LogP contribution in [0.25, 0.3) is 0 Å². The first kappa shape index (κ1) is 25.5. The van der Waals surface area contributed by atoms with Gasteiger partial charge >= 0.3 is 6.09 Å². The van der Waals surface area contributed by atoms with Gasteiger partial charge in [-0.15, -0.1) is 0 Å². The number of anilines is 1. The highest BCUT2D eigenvalue weighted by Gasteiger charge is 2.21. The third-order valence-corrected chi connectivity index (χ3v) is 5.22. The molecular formula is C27H30N4O4. The number of carbonyl (C=O) groups excluding carboxylic acids is 3. The molecule has 1 saturated heterocycles. The van der Waals surface area contributed by atoms with Gasteiger partial charge in [-0.1, -0.05) is 11.8 Å². The van der Waals surface area contributed by atoms with Crippen LogP contribution in [0, 0.1) is 17.3 Å². The zero-order valence-electron chi connectivity index (χ0n) is 20.2. The largest absolute Gasteiger partial charge is 0.444 e. The van der Waals surface area contributed by atoms with Gasteiger partial charge in [-0.25, -0.2) is 4.79 Å². The fourth-order valence-corrected chi connectivity index (χ4v) is 3.55. The summed E-state index contributed by atoms with van der Waals surface area (Å²) in [5.74, 6) is 5.85. The summed E-state index contributed by atoms with van der Waals surface area (Å²) >= 11 is 0. The van der Waals surface area contributed by atoms with E-state index in [1.807, 2.05) is 0 Å². The molecule has 1 fully saturated rings. The number of nitrogens with zero attached hydrogens (tertiary/aromatic N) is 1. The number of alkyl carbamates (subject to hydrolysis) is 1. The number of carbonyl (C=O) groups is 3. The topological polar surface area (TPSA) is 112 Å². The molecular weight excluding hydrogens is 444 g/mol. The Bertz CT molecular complexity index is 1160. The van der Waals surface area contributed by atoms with E-state index in [0.717, 1.165) is 31.6 Å². The highest BCUT2D eigenvalue weighted by Crippen LogP contribution is 2.17. The lowest BCUT2D eigenvalue weighted by Gasteiger charge is -2.19. The van der Waals surface area contributed by atoms with Crippen molar-refractivity contribution in [1.82, 2.24) is 10.2 Å². The van der Waals surface area contributed by atoms with Crippen molar-refractivity contribution in [3.05, 3.63) is 64.7 Å². The quantitative estimate of drug-likeness (QED) is 0.262. The van der Waals surface area contributed by atoms with Crippen LogP contribution in [0.15, 0.2) is 42.5 Å². The number of likely N-dealkylation sites (tertiary alicyclic amines) is 1. The van der Waals surface area contributed by atoms with E-state index in [1.165, 1.54) is 0 Å². The van der Waals surface area contributed by atoms with Crippen LogP contribution in [-0.4, -0.2) is 54.3 Å². The van der Waals surface area contributed by atoms with Gasteiger partial charge in [-0.05, 0) is 76.1 Å². The summed E-state index contributed by atoms with van der Waals surface area (Å²) in [4.78, 5) is 37.7. The summed E-state index contributed by atoms with van der Waals surface area (Å²) in [6, 6.07) is 12.0. The molecule has 2 aromatic carbocycles. The minimum atomic E-state index is -0.675. The third-order valence-electron chi connectivity index (χ3n) is 5.22. The van der Waals surface area contributed by atoms with Gasteiger partial charge in [0.1, 0.15) is 11.4 Å². The second kappa shape index (κ2) is 11.3. The van der Waals surface area contributed by atoms with E-state index in [-0.39, 0.29) is 11.7 Å². The molecule has 3 N–H and O–H groups in total. The zero-order valence-corrected chi connectivity index (χ0v) is 20.2. The first-order chi connectivity index (χ1) is 16.7. The smallest absolute Gasteiger partial charge is 0.413 e. The molecule has 0 bridgehead atoms. The van der Waals surface area contributed by atoms with Gasteiger partial charge in [0.05, 0.1) is 12.1 Å². The molecule has 0 saturated carbocycles. The predicted molar refractivity (Wildman–Crippen MR) is 135 cm³/mol. The summed E-state index contributed by atoms with van der Waals surface area (Å²) in [6.07, 6.45) is 2.01. The Hall–Kier alpha value is -4.12. The van der Waals surface area contributed by atoms with E-state index in [0.29, 0.717) is 35.1 Å². The first-order valence-electron chi connectivity index (χ1n) is 11.5. The monoisotopic (exact) mass is 474 g/mol. The molecule has 2 aromatic rings. The second-order valence-corrected chi connectivity index (χ2v) is 9.15. The van der Waals surface area contributed by atoms with Gasteiger partial charge in [0, 0.05) is 35.5 Å². The normalized spacial score (nSPS) is 12.8. The highest BCUT2D eigenvalue weighted by atomic mass is 16.6. The van der Waals surface area contributed by atoms with E-state index in [1.54, 1.807) is 68.1 Å². The van der Waals surface area contributed by atoms with Crippen LogP contribution < -0.4 is 10.6 Å². The van der Waals surface area contributed by atoms with Gasteiger partial charge in [-0.3, -0.25) is 20.3 Å². The highest BCUT2D eigenvalue weighted by molar-refractivity contribution is 6.04. The van der Waals surface area contributed by atoms with Crippen LogP contribution in [-0.2, 0) is 4.74 Å². The Balaban J connectivity index is 1.54. The van der Waals surface area contributed by atoms with Gasteiger partial charge < -0.3 is 15.0 Å². The van der Waals surface area contributed by atoms with Crippen molar-refractivity contribution in [2.24, 2.45) is 0 Å². The number of ether oxygens (including phenoxy) is 1. The van der Waals surface area contributed by atoms with E-state index in [4.69, 9.17) is 10.1 Å². The summed E-state index contributed by atoms with van der Waals surface area (Å²) in [7, 11) is 0. The summed E-state index contributed by atoms with van der Waals surface area (Å²) in [6.45, 7) is 7.09. The van der Waals surface area contributed by atoms with Crippen LogP contribution in [0.2, 0.25) is 0 Å². The molecule has 182 valence electrons. The first-order valence-corrected chi connectivity index (χ1v) is 11.5. The molecule has 8 nitrogen and oxygen atoms in total. The lowest BCUT2D eigenvalue weighted by Crippen LogP contribution is -2.36. The Morgan fingerprint density at radius 2 is 1.80 bits per heavy atom. The molecule has 0 aliphatic carbocycles. The van der Waals surface area contributed by atoms with Crippen LogP contribution >= 0.6 is 0 Å². The number of hydrogen-bond donors (Lipinski definition) is 3. The predicted octanol–water partition coefficient (Wildman–Crippen LogP) is 4.05. The van der Waals surface area contributed by atoms with Crippen molar-refractivity contribution in [3.63, 3.8) is 0 Å². The number of amides is 2. The molecule has 35 heavy (non-hydrogen) atoms. The minimum absolute atomic E-state index is 0.0526. The van der Waals surface area contributed by atoms with Crippen molar-refractivity contribution < 1.29 is 19.1 Å². The van der Waals surface area contributed by atoms with Crippen molar-refractivity contribution in [1.29, 1.82) is 5.41 Å². The second-order valence-electron chi connectivity index (χ2n) is 9.15. The molecule has 3 rings (SSSR count). The van der Waals surface area contributed by atoms with Gasteiger partial charge in [-0.2, -0.15) is 0 Å². The SMILES string of the molecule is CC(C)(C)OC(=O)NC(=N)c1ccc(NCC#Cc2ccc(C(=O)N3CCCC3)c(C=O)c2)cc1. The van der Waals surface area contributed by atoms with Gasteiger partial charge in [0.2, 0.25) is 0 Å². The molecule has 0 unspecified atom stereocenters. The molecule has 0 radical (unpaired) electrons. The molecule has 0 atom stereocenters. The number of rotatable bonds is 5. The van der Waals surface area contributed by atoms with Crippen LogP contribution in [0.1, 0.15) is 65.5 Å². The van der Waals surface area contributed by atoms with Crippen LogP contribution in [0.3, 0.4) is 0 Å². The van der Waals surface area contributed by atoms with E-state index < -0.39 is 11.7 Å². The van der Waals surface area contributed by atoms with Crippen LogP contribution in [0.5, 0.6) is 0 Å². The molecule has 1 aliphatic rings. The van der Waals surface area contributed by atoms with Crippen LogP contribution in [0.4, 0.5) is 10.5 Å². The van der Waals surface area contributed by atoms with E-state index in [2.05, 4.69) is 22.5 Å². The van der Waals surface area contributed by atoms with Crippen molar-refractivity contribution in [2.75, 3.05) is 25.0 Å². The number of aldehydes is 1. The maximum absolute atomic E-state index is 12.6. The Morgan fingerprint density at radius 3 is 2.43 bits per heavy atom. The van der Waals surface area contributed by atoms with Gasteiger partial charge in [0.15, 0.2) is 6.29 Å². The third kappa shape index (κ3) is 7.44. The Labute approximate surface area is 205 Å². The van der Waals surface area contributed by atoms with E-state index in [9.17, 15) is 14.4 Å². The Kier molecular flexibility index (Phi) is 8.26. The number of benzene rings is 2. The average molecular weight is 475 g/mol. The average Bonchev–Trinajstić information content (AvgIpc) is 3.35. The molecule has 0 spiro atoms. The summed E-state index contributed by atoms with van der Waals surface area (Å²) in [5.41, 5.74) is 2.12. The number of nitrogens with one attached hydrogen (secondary N) is 3. The molecule has 0 aromatic heterocycles. The fraction of sp³-hybridized carbons (Fsp3) is 0.333. The molecule has 1 aliphatic heterocycles. The molecule has 8 heteroatoms. The maximum Gasteiger partial charge on any atom is 0.413 e. The summed E-state index contributed by atoms with van der Waals surface area (Å²) in [5, 5.41) is 13.6. The fourth-order valence-electron chi connectivity index (χ4n) is 3.55. The zero-order chi connectivity index (χ0) is 25.4. The van der Waals surface area contributed by atoms with Gasteiger partial charge in [0.25, 0.3) is 5.91 Å². The minimum Gasteiger partial charge on any atom is -0.444 e. The summed E-state index contributed by atoms with van der Waals surface area (Å²) < 4.78 is 5.15. The maximum atomic E-state index is 12.6. The lowest BCUT2D eigenvalue weighted by atomic mass is 10.0. The van der Waals surface area contributed by atoms with Crippen molar-refractivity contribution in [3.8, 4) is 11.8 Å². The van der Waals surface area contributed by atoms with Crippen molar-refractivity contribution >= 4 is 29.8 Å². The number of hydrogen-bond acceptors (Lipinski definition) is 6.